The van der Waals surface area contributed by atoms with Gasteiger partial charge in [0.2, 0.25) is 5.75 Å². The lowest BCUT2D eigenvalue weighted by Gasteiger charge is -2.33. The van der Waals surface area contributed by atoms with Crippen LogP contribution in [0.25, 0.3) is 39.5 Å². The molecular weight excluding hydrogens is 815 g/mol. The van der Waals surface area contributed by atoms with Crippen LogP contribution in [0.1, 0.15) is 47.2 Å². The van der Waals surface area contributed by atoms with Crippen LogP contribution in [0.3, 0.4) is 0 Å². The van der Waals surface area contributed by atoms with Crippen LogP contribution in [-0.4, -0.2) is 67.3 Å². The number of ether oxygens (including phenoxy) is 3. The minimum atomic E-state index is -0.826. The standard InChI is InChI=1S/C55H53N3O7/c1-3-42-33-46-40-16-10-15-38(31-40)32-41(18-21-43-35-58(28-27-56-43)55(46)57-42)49-51-50(47(61)34-48(65-51)39-19-23-44(59)24-20-39)53(64-30-26-45(60)22-17-36-11-6-4-7-12-36)54(62-2)52(49)63-29-25-37-13-8-5-9-14-37/h4-17,19-20,22-24,31,33-34,41,43,45,56-57,59-60H,3,25-30,32,35H2,1-2H3/b22-17+/t41-,43+,45+/m1/s1. The zero-order chi connectivity index (χ0) is 44.7. The number of rotatable bonds is 14. The molecule has 0 radical (unpaired) electrons. The van der Waals surface area contributed by atoms with Gasteiger partial charge in [-0.3, -0.25) is 4.79 Å². The van der Waals surface area contributed by atoms with Crippen LogP contribution >= 0.6 is 0 Å². The first kappa shape index (κ1) is 43.1. The average Bonchev–Trinajstić information content (AvgIpc) is 3.78. The molecule has 10 heteroatoms. The van der Waals surface area contributed by atoms with Crippen molar-refractivity contribution in [3.05, 3.63) is 166 Å². The van der Waals surface area contributed by atoms with Crippen molar-refractivity contribution in [2.45, 2.75) is 50.7 Å². The molecule has 4 N–H and O–H groups in total. The Morgan fingerprint density at radius 3 is 2.45 bits per heavy atom. The van der Waals surface area contributed by atoms with Crippen LogP contribution in [0.15, 0.2) is 137 Å². The largest absolute Gasteiger partial charge is 0.508 e. The molecule has 0 saturated carbocycles. The van der Waals surface area contributed by atoms with E-state index in [4.69, 9.17) is 18.6 Å². The second-order valence-electron chi connectivity index (χ2n) is 16.5. The highest BCUT2D eigenvalue weighted by molar-refractivity contribution is 5.94. The number of hydrogen-bond acceptors (Lipinski definition) is 9. The molecule has 0 unspecified atom stereocenters. The molecule has 2 aliphatic heterocycles. The molecule has 330 valence electrons. The summed E-state index contributed by atoms with van der Waals surface area (Å²) in [5.74, 6) is 9.00. The fraction of sp³-hybridized carbons (Fsp3) is 0.255. The highest BCUT2D eigenvalue weighted by Crippen LogP contribution is 2.50. The van der Waals surface area contributed by atoms with Crippen LogP contribution in [0.5, 0.6) is 23.0 Å². The van der Waals surface area contributed by atoms with E-state index in [1.54, 1.807) is 37.5 Å². The number of piperazine rings is 1. The summed E-state index contributed by atoms with van der Waals surface area (Å²) in [5, 5.41) is 25.0. The van der Waals surface area contributed by atoms with E-state index >= 15 is 0 Å². The third-order valence-electron chi connectivity index (χ3n) is 12.1. The minimum Gasteiger partial charge on any atom is -0.508 e. The lowest BCUT2D eigenvalue weighted by Crippen LogP contribution is -2.50. The summed E-state index contributed by atoms with van der Waals surface area (Å²) >= 11 is 0. The smallest absolute Gasteiger partial charge is 0.204 e. The molecule has 2 aliphatic rings. The molecular formula is C55H53N3O7. The van der Waals surface area contributed by atoms with E-state index in [-0.39, 0.29) is 59.3 Å². The number of anilines is 1. The molecule has 1 saturated heterocycles. The van der Waals surface area contributed by atoms with Crippen molar-refractivity contribution >= 4 is 22.9 Å². The molecule has 4 heterocycles. The Balaban J connectivity index is 1.22. The van der Waals surface area contributed by atoms with E-state index in [9.17, 15) is 15.0 Å². The van der Waals surface area contributed by atoms with Gasteiger partial charge in [0.1, 0.15) is 22.7 Å². The number of aromatic nitrogens is 1. The first-order valence-corrected chi connectivity index (χ1v) is 22.4. The van der Waals surface area contributed by atoms with Gasteiger partial charge in [0.25, 0.3) is 0 Å². The molecule has 0 aliphatic carbocycles. The lowest BCUT2D eigenvalue weighted by atomic mass is 9.88. The first-order valence-electron chi connectivity index (χ1n) is 22.4. The molecule has 10 nitrogen and oxygen atoms in total. The first-order chi connectivity index (χ1) is 31.8. The summed E-state index contributed by atoms with van der Waals surface area (Å²) in [4.78, 5) is 20.9. The summed E-state index contributed by atoms with van der Waals surface area (Å²) in [5.41, 5.74) is 7.59. The third-order valence-corrected chi connectivity index (χ3v) is 12.1. The summed E-state index contributed by atoms with van der Waals surface area (Å²) < 4.78 is 26.6. The number of H-pyrrole nitrogens is 1. The van der Waals surface area contributed by atoms with Gasteiger partial charge in [0.15, 0.2) is 22.5 Å². The number of fused-ring (bicyclic) bond motifs is 8. The van der Waals surface area contributed by atoms with E-state index in [0.717, 1.165) is 53.1 Å². The predicted octanol–water partition coefficient (Wildman–Crippen LogP) is 9.32. The Bertz CT molecular complexity index is 2910. The molecule has 9 rings (SSSR count). The maximum absolute atomic E-state index is 14.8. The summed E-state index contributed by atoms with van der Waals surface area (Å²) in [6, 6.07) is 38.5. The Morgan fingerprint density at radius 1 is 0.877 bits per heavy atom. The van der Waals surface area contributed by atoms with Crippen LogP contribution in [0, 0.1) is 11.8 Å². The lowest BCUT2D eigenvalue weighted by molar-refractivity contribution is 0.176. The van der Waals surface area contributed by atoms with Crippen molar-refractivity contribution in [2.24, 2.45) is 0 Å². The van der Waals surface area contributed by atoms with E-state index < -0.39 is 12.0 Å². The van der Waals surface area contributed by atoms with Crippen molar-refractivity contribution < 1.29 is 28.8 Å². The predicted molar refractivity (Wildman–Crippen MR) is 257 cm³/mol. The molecule has 1 fully saturated rings. The third kappa shape index (κ3) is 9.68. The second-order valence-corrected chi connectivity index (χ2v) is 16.5. The molecule has 4 bridgehead atoms. The van der Waals surface area contributed by atoms with Crippen molar-refractivity contribution in [3.8, 4) is 57.3 Å². The van der Waals surface area contributed by atoms with Gasteiger partial charge < -0.3 is 44.0 Å². The molecule has 3 atom stereocenters. The van der Waals surface area contributed by atoms with E-state index in [2.05, 4.69) is 76.4 Å². The number of phenolic OH excluding ortho intramolecular Hbond substituents is 1. The van der Waals surface area contributed by atoms with Gasteiger partial charge in [0, 0.05) is 55.4 Å². The van der Waals surface area contributed by atoms with Crippen molar-refractivity contribution in [1.82, 2.24) is 10.3 Å². The van der Waals surface area contributed by atoms with Gasteiger partial charge >= 0.3 is 0 Å². The van der Waals surface area contributed by atoms with Gasteiger partial charge in [-0.1, -0.05) is 116 Å². The number of nitrogens with zero attached hydrogens (tertiary/aromatic N) is 1. The van der Waals surface area contributed by atoms with Crippen molar-refractivity contribution in [1.29, 1.82) is 0 Å². The number of aryl methyl sites for hydroxylation is 1. The van der Waals surface area contributed by atoms with Crippen molar-refractivity contribution in [2.75, 3.05) is 44.9 Å². The molecule has 65 heavy (non-hydrogen) atoms. The number of phenols is 1. The Morgan fingerprint density at radius 2 is 1.66 bits per heavy atom. The maximum Gasteiger partial charge on any atom is 0.204 e. The number of benzene rings is 5. The average molecular weight is 868 g/mol. The van der Waals surface area contributed by atoms with Crippen molar-refractivity contribution in [3.63, 3.8) is 0 Å². The SMILES string of the molecule is CCc1cc2c([nH]1)N1CCN[C@@H](C#C[C@@H](c3c(OCCc4ccccc4)c(OC)c(OCC[C@@H](O)/C=C/c4ccccc4)c4c(=O)cc(-c5ccc(O)cc5)oc34)Cc3cccc-2c3)C1. The molecule has 0 amide bonds. The minimum absolute atomic E-state index is 0.0501. The van der Waals surface area contributed by atoms with Gasteiger partial charge in [0.05, 0.1) is 44.0 Å². The highest BCUT2D eigenvalue weighted by atomic mass is 16.5. The zero-order valence-corrected chi connectivity index (χ0v) is 36.7. The van der Waals surface area contributed by atoms with Crippen LogP contribution in [-0.2, 0) is 19.3 Å². The number of aromatic hydroxyl groups is 1. The van der Waals surface area contributed by atoms with E-state index in [1.807, 2.05) is 54.6 Å². The fourth-order valence-corrected chi connectivity index (χ4v) is 8.71. The van der Waals surface area contributed by atoms with Gasteiger partial charge in [-0.05, 0) is 65.4 Å². The van der Waals surface area contributed by atoms with Gasteiger partial charge in [-0.25, -0.2) is 0 Å². The van der Waals surface area contributed by atoms with Crippen LogP contribution in [0.2, 0.25) is 0 Å². The van der Waals surface area contributed by atoms with Gasteiger partial charge in [-0.15, -0.1) is 0 Å². The molecule has 5 aromatic carbocycles. The normalized spacial score (nSPS) is 16.2. The molecule has 2 aromatic heterocycles. The quantitative estimate of drug-likeness (QED) is 0.0791. The Labute approximate surface area is 379 Å². The van der Waals surface area contributed by atoms with Crippen LogP contribution in [0.4, 0.5) is 5.82 Å². The van der Waals surface area contributed by atoms with Gasteiger partial charge in [-0.2, -0.15) is 0 Å². The summed E-state index contributed by atoms with van der Waals surface area (Å²) in [6.45, 7) is 4.73. The topological polar surface area (TPSA) is 129 Å². The Hall–Kier alpha value is -7.19. The van der Waals surface area contributed by atoms with Crippen LogP contribution < -0.4 is 29.9 Å². The molecule has 7 aromatic rings. The number of aliphatic hydroxyl groups excluding tert-OH is 1. The number of nitrogens with one attached hydrogen (secondary N) is 2. The second kappa shape index (κ2) is 19.7. The zero-order valence-electron chi connectivity index (χ0n) is 36.7. The van der Waals surface area contributed by atoms with E-state index in [1.165, 1.54) is 11.8 Å². The number of aliphatic hydroxyl groups is 1. The molecule has 0 spiro atoms. The Kier molecular flexibility index (Phi) is 13.0. The summed E-state index contributed by atoms with van der Waals surface area (Å²) in [6.07, 6.45) is 4.93. The summed E-state index contributed by atoms with van der Waals surface area (Å²) in [7, 11) is 1.54. The maximum atomic E-state index is 14.8. The highest BCUT2D eigenvalue weighted by Gasteiger charge is 2.32. The van der Waals surface area contributed by atoms with E-state index in [0.29, 0.717) is 42.0 Å². The number of methoxy groups -OCH3 is 1. The fourth-order valence-electron chi connectivity index (χ4n) is 8.71. The number of hydrogen-bond donors (Lipinski definition) is 4. The number of aromatic amines is 1. The monoisotopic (exact) mass is 867 g/mol.